The molecule has 19 heavy (non-hydrogen) atoms. The van der Waals surface area contributed by atoms with Crippen LogP contribution < -0.4 is 0 Å². The Labute approximate surface area is 120 Å². The van der Waals surface area contributed by atoms with Crippen LogP contribution in [0.25, 0.3) is 0 Å². The Morgan fingerprint density at radius 2 is 2.00 bits per heavy atom. The molecular weight excluding hydrogens is 260 g/mol. The lowest BCUT2D eigenvalue weighted by Gasteiger charge is -2.35. The summed E-state index contributed by atoms with van der Waals surface area (Å²) < 4.78 is 5.02. The van der Waals surface area contributed by atoms with E-state index in [0.717, 1.165) is 25.3 Å². The van der Waals surface area contributed by atoms with E-state index in [2.05, 4.69) is 9.80 Å². The van der Waals surface area contributed by atoms with Crippen molar-refractivity contribution in [3.8, 4) is 0 Å². The molecule has 0 N–H and O–H groups in total. The molecule has 1 unspecified atom stereocenters. The van der Waals surface area contributed by atoms with Crippen molar-refractivity contribution in [2.45, 2.75) is 31.7 Å². The predicted octanol–water partition coefficient (Wildman–Crippen LogP) is 1.45. The van der Waals surface area contributed by atoms with E-state index in [0.29, 0.717) is 6.04 Å². The van der Waals surface area contributed by atoms with Gasteiger partial charge in [0.15, 0.2) is 0 Å². The molecular formula is C14H26N2O2S. The highest BCUT2D eigenvalue weighted by molar-refractivity contribution is 7.99. The molecule has 2 heterocycles. The molecule has 4 nitrogen and oxygen atoms in total. The standard InChI is InChI=1S/C14H26N2O2S/c1-18-11-14(17)16-8-5-9-19-12-13(16)10-15-6-3-2-4-7-15/h13H,2-12H2,1H3. The Bertz CT molecular complexity index is 283. The van der Waals surface area contributed by atoms with Crippen LogP contribution in [-0.2, 0) is 9.53 Å². The van der Waals surface area contributed by atoms with Crippen LogP contribution in [0, 0.1) is 0 Å². The summed E-state index contributed by atoms with van der Waals surface area (Å²) in [6, 6.07) is 0.369. The summed E-state index contributed by atoms with van der Waals surface area (Å²) in [6.45, 7) is 4.57. The Hall–Kier alpha value is -0.260. The molecule has 2 fully saturated rings. The van der Waals surface area contributed by atoms with Crippen LogP contribution in [0.5, 0.6) is 0 Å². The number of rotatable bonds is 4. The van der Waals surface area contributed by atoms with Gasteiger partial charge in [0.25, 0.3) is 0 Å². The fourth-order valence-electron chi connectivity index (χ4n) is 2.95. The summed E-state index contributed by atoms with van der Waals surface area (Å²) >= 11 is 1.99. The number of likely N-dealkylation sites (tertiary alicyclic amines) is 1. The summed E-state index contributed by atoms with van der Waals surface area (Å²) in [4.78, 5) is 16.8. The van der Waals surface area contributed by atoms with Gasteiger partial charge in [0, 0.05) is 26.0 Å². The highest BCUT2D eigenvalue weighted by atomic mass is 32.2. The lowest BCUT2D eigenvalue weighted by atomic mass is 10.1. The highest BCUT2D eigenvalue weighted by Gasteiger charge is 2.27. The fraction of sp³-hybridized carbons (Fsp3) is 0.929. The van der Waals surface area contributed by atoms with Crippen molar-refractivity contribution in [1.29, 1.82) is 0 Å². The topological polar surface area (TPSA) is 32.8 Å². The van der Waals surface area contributed by atoms with Crippen molar-refractivity contribution in [3.05, 3.63) is 0 Å². The first kappa shape index (κ1) is 15.1. The second kappa shape index (κ2) is 8.12. The van der Waals surface area contributed by atoms with Crippen molar-refractivity contribution in [3.63, 3.8) is 0 Å². The van der Waals surface area contributed by atoms with E-state index in [-0.39, 0.29) is 12.5 Å². The molecule has 2 aliphatic heterocycles. The average molecular weight is 286 g/mol. The van der Waals surface area contributed by atoms with Gasteiger partial charge in [-0.15, -0.1) is 0 Å². The second-order valence-corrected chi connectivity index (χ2v) is 6.61. The van der Waals surface area contributed by atoms with Crippen molar-refractivity contribution in [2.24, 2.45) is 0 Å². The minimum absolute atomic E-state index is 0.159. The van der Waals surface area contributed by atoms with Crippen LogP contribution in [0.4, 0.5) is 0 Å². The van der Waals surface area contributed by atoms with Gasteiger partial charge in [-0.2, -0.15) is 11.8 Å². The molecule has 0 radical (unpaired) electrons. The molecule has 2 aliphatic rings. The quantitative estimate of drug-likeness (QED) is 0.783. The van der Waals surface area contributed by atoms with Gasteiger partial charge in [0.2, 0.25) is 5.91 Å². The fourth-order valence-corrected chi connectivity index (χ4v) is 4.01. The zero-order chi connectivity index (χ0) is 13.5. The first-order valence-electron chi connectivity index (χ1n) is 7.40. The Balaban J connectivity index is 1.93. The largest absolute Gasteiger partial charge is 0.375 e. The van der Waals surface area contributed by atoms with E-state index >= 15 is 0 Å². The third-order valence-electron chi connectivity index (χ3n) is 3.94. The molecule has 0 spiro atoms. The number of hydrogen-bond acceptors (Lipinski definition) is 4. The van der Waals surface area contributed by atoms with Gasteiger partial charge >= 0.3 is 0 Å². The molecule has 1 atom stereocenters. The summed E-state index contributed by atoms with van der Waals surface area (Å²) in [5, 5.41) is 0. The van der Waals surface area contributed by atoms with Gasteiger partial charge in [-0.25, -0.2) is 0 Å². The molecule has 0 aliphatic carbocycles. The number of thioether (sulfide) groups is 1. The second-order valence-electron chi connectivity index (χ2n) is 5.46. The predicted molar refractivity (Wildman–Crippen MR) is 79.6 cm³/mol. The van der Waals surface area contributed by atoms with Gasteiger partial charge in [0.1, 0.15) is 6.61 Å². The smallest absolute Gasteiger partial charge is 0.248 e. The number of piperidine rings is 1. The minimum atomic E-state index is 0.159. The maximum absolute atomic E-state index is 12.2. The molecule has 0 aromatic carbocycles. The molecule has 5 heteroatoms. The molecule has 0 aromatic heterocycles. The summed E-state index contributed by atoms with van der Waals surface area (Å²) in [6.07, 6.45) is 5.09. The zero-order valence-electron chi connectivity index (χ0n) is 12.0. The van der Waals surface area contributed by atoms with Gasteiger partial charge in [-0.05, 0) is 38.1 Å². The molecule has 110 valence electrons. The van der Waals surface area contributed by atoms with Crippen molar-refractivity contribution < 1.29 is 9.53 Å². The van der Waals surface area contributed by atoms with Crippen LogP contribution in [0.1, 0.15) is 25.7 Å². The summed E-state index contributed by atoms with van der Waals surface area (Å²) in [5.74, 6) is 2.41. The zero-order valence-corrected chi connectivity index (χ0v) is 12.8. The monoisotopic (exact) mass is 286 g/mol. The van der Waals surface area contributed by atoms with Crippen molar-refractivity contribution in [2.75, 3.05) is 51.4 Å². The molecule has 0 bridgehead atoms. The Kier molecular flexibility index (Phi) is 6.47. The lowest BCUT2D eigenvalue weighted by Crippen LogP contribution is -2.50. The van der Waals surface area contributed by atoms with Crippen LogP contribution in [0.2, 0.25) is 0 Å². The normalized spacial score (nSPS) is 26.2. The van der Waals surface area contributed by atoms with Crippen molar-refractivity contribution >= 4 is 17.7 Å². The SMILES string of the molecule is COCC(=O)N1CCCSCC1CN1CCCCC1. The number of amides is 1. The van der Waals surface area contributed by atoms with E-state index in [1.165, 1.54) is 38.1 Å². The molecule has 2 saturated heterocycles. The molecule has 2 rings (SSSR count). The first-order chi connectivity index (χ1) is 9.31. The highest BCUT2D eigenvalue weighted by Crippen LogP contribution is 2.19. The Morgan fingerprint density at radius 1 is 1.21 bits per heavy atom. The average Bonchev–Trinajstić information content (AvgIpc) is 2.66. The van der Waals surface area contributed by atoms with Gasteiger partial charge in [0.05, 0.1) is 6.04 Å². The lowest BCUT2D eigenvalue weighted by molar-refractivity contribution is -0.137. The van der Waals surface area contributed by atoms with Gasteiger partial charge in [-0.1, -0.05) is 6.42 Å². The number of carbonyl (C=O) groups excluding carboxylic acids is 1. The summed E-state index contributed by atoms with van der Waals surface area (Å²) in [7, 11) is 1.60. The maximum atomic E-state index is 12.2. The number of ether oxygens (including phenoxy) is 1. The van der Waals surface area contributed by atoms with Gasteiger partial charge < -0.3 is 14.5 Å². The van der Waals surface area contributed by atoms with E-state index in [9.17, 15) is 4.79 Å². The minimum Gasteiger partial charge on any atom is -0.375 e. The number of nitrogens with zero attached hydrogens (tertiary/aromatic N) is 2. The van der Waals surface area contributed by atoms with Gasteiger partial charge in [-0.3, -0.25) is 4.79 Å². The molecule has 0 aromatic rings. The Morgan fingerprint density at radius 3 is 2.74 bits per heavy atom. The van der Waals surface area contributed by atoms with Crippen molar-refractivity contribution in [1.82, 2.24) is 9.80 Å². The first-order valence-corrected chi connectivity index (χ1v) is 8.55. The molecule has 1 amide bonds. The van der Waals surface area contributed by atoms with E-state index in [4.69, 9.17) is 4.74 Å². The van der Waals surface area contributed by atoms with Crippen LogP contribution in [0.3, 0.4) is 0 Å². The van der Waals surface area contributed by atoms with E-state index in [1.54, 1.807) is 7.11 Å². The number of hydrogen-bond donors (Lipinski definition) is 0. The van der Waals surface area contributed by atoms with E-state index < -0.39 is 0 Å². The van der Waals surface area contributed by atoms with E-state index in [1.807, 2.05) is 11.8 Å². The summed E-state index contributed by atoms with van der Waals surface area (Å²) in [5.41, 5.74) is 0. The molecule has 0 saturated carbocycles. The number of methoxy groups -OCH3 is 1. The maximum Gasteiger partial charge on any atom is 0.248 e. The third kappa shape index (κ3) is 4.65. The third-order valence-corrected chi connectivity index (χ3v) is 5.14. The van der Waals surface area contributed by atoms with Crippen LogP contribution >= 0.6 is 11.8 Å². The van der Waals surface area contributed by atoms with Crippen LogP contribution in [0.15, 0.2) is 0 Å². The van der Waals surface area contributed by atoms with Crippen LogP contribution in [-0.4, -0.2) is 73.2 Å². The number of carbonyl (C=O) groups is 1.